The molecule has 1 aliphatic rings. The van der Waals surface area contributed by atoms with Gasteiger partial charge in [0.15, 0.2) is 0 Å². The average Bonchev–Trinajstić information content (AvgIpc) is 3.33. The van der Waals surface area contributed by atoms with Crippen LogP contribution >= 0.6 is 23.5 Å². The minimum Gasteiger partial charge on any atom is -0.497 e. The number of ether oxygens (including phenoxy) is 2. The van der Waals surface area contributed by atoms with Gasteiger partial charge in [-0.25, -0.2) is 0 Å². The quantitative estimate of drug-likeness (QED) is 0.294. The summed E-state index contributed by atoms with van der Waals surface area (Å²) < 4.78 is 10.5. The smallest absolute Gasteiger partial charge is 0.118 e. The predicted molar refractivity (Wildman–Crippen MR) is 140 cm³/mol. The van der Waals surface area contributed by atoms with Crippen LogP contribution in [-0.4, -0.2) is 20.0 Å². The number of hydrogen-bond donors (Lipinski definition) is 0. The van der Waals surface area contributed by atoms with Gasteiger partial charge >= 0.3 is 0 Å². The fourth-order valence-corrected chi connectivity index (χ4v) is 8.55. The lowest BCUT2D eigenvalue weighted by Gasteiger charge is -2.34. The maximum Gasteiger partial charge on any atom is 0.118 e. The first kappa shape index (κ1) is 22.0. The van der Waals surface area contributed by atoms with E-state index in [9.17, 15) is 0 Å². The molecule has 4 aromatic carbocycles. The zero-order chi connectivity index (χ0) is 22.7. The van der Waals surface area contributed by atoms with E-state index in [0.717, 1.165) is 17.3 Å². The van der Waals surface area contributed by atoms with Gasteiger partial charge in [-0.1, -0.05) is 84.9 Å². The fourth-order valence-electron chi connectivity index (χ4n) is 4.45. The van der Waals surface area contributed by atoms with Crippen LogP contribution in [0.15, 0.2) is 109 Å². The third-order valence-electron chi connectivity index (χ3n) is 6.22. The molecule has 0 atom stereocenters. The SMILES string of the molecule is COc1ccc(C2(c3ccc(OC)cc3)CSC(c3ccccc3)(c3ccccc3)S2)cc1. The van der Waals surface area contributed by atoms with Crippen LogP contribution in [0.2, 0.25) is 0 Å². The zero-order valence-corrected chi connectivity index (χ0v) is 20.4. The number of rotatable bonds is 6. The minimum atomic E-state index is -0.227. The van der Waals surface area contributed by atoms with E-state index in [1.807, 2.05) is 23.5 Å². The molecule has 33 heavy (non-hydrogen) atoms. The van der Waals surface area contributed by atoms with Gasteiger partial charge in [0.1, 0.15) is 15.6 Å². The first-order valence-corrected chi connectivity index (χ1v) is 12.7. The lowest BCUT2D eigenvalue weighted by molar-refractivity contribution is 0.414. The Morgan fingerprint density at radius 2 is 0.970 bits per heavy atom. The molecule has 4 heteroatoms. The number of thioether (sulfide) groups is 2. The van der Waals surface area contributed by atoms with Crippen LogP contribution in [0, 0.1) is 0 Å². The molecule has 0 unspecified atom stereocenters. The highest BCUT2D eigenvalue weighted by Gasteiger charge is 2.53. The van der Waals surface area contributed by atoms with Crippen molar-refractivity contribution in [2.45, 2.75) is 8.83 Å². The van der Waals surface area contributed by atoms with Gasteiger partial charge in [-0.2, -0.15) is 0 Å². The highest BCUT2D eigenvalue weighted by atomic mass is 32.2. The Hall–Kier alpha value is -2.82. The van der Waals surface area contributed by atoms with Crippen LogP contribution < -0.4 is 9.47 Å². The summed E-state index contributed by atoms with van der Waals surface area (Å²) in [5.41, 5.74) is 5.18. The van der Waals surface area contributed by atoms with Crippen LogP contribution in [0.3, 0.4) is 0 Å². The molecule has 0 bridgehead atoms. The van der Waals surface area contributed by atoms with E-state index in [2.05, 4.69) is 109 Å². The molecule has 4 aromatic rings. The molecule has 1 fully saturated rings. The van der Waals surface area contributed by atoms with Crippen molar-refractivity contribution >= 4 is 23.5 Å². The van der Waals surface area contributed by atoms with Crippen LogP contribution in [0.4, 0.5) is 0 Å². The van der Waals surface area contributed by atoms with E-state index in [0.29, 0.717) is 0 Å². The van der Waals surface area contributed by atoms with Crippen LogP contribution in [0.5, 0.6) is 11.5 Å². The van der Waals surface area contributed by atoms with Crippen LogP contribution in [-0.2, 0) is 8.83 Å². The van der Waals surface area contributed by atoms with E-state index in [4.69, 9.17) is 9.47 Å². The monoisotopic (exact) mass is 470 g/mol. The molecule has 0 aliphatic carbocycles. The van der Waals surface area contributed by atoms with E-state index >= 15 is 0 Å². The Morgan fingerprint density at radius 1 is 0.545 bits per heavy atom. The van der Waals surface area contributed by atoms with Crippen LogP contribution in [0.1, 0.15) is 22.3 Å². The zero-order valence-electron chi connectivity index (χ0n) is 18.7. The van der Waals surface area contributed by atoms with Crippen molar-refractivity contribution in [3.63, 3.8) is 0 Å². The van der Waals surface area contributed by atoms with Crippen molar-refractivity contribution in [1.82, 2.24) is 0 Å². The third kappa shape index (κ3) is 3.92. The summed E-state index contributed by atoms with van der Waals surface area (Å²) >= 11 is 4.04. The second-order valence-corrected chi connectivity index (χ2v) is 11.0. The molecule has 0 radical (unpaired) electrons. The molecule has 1 heterocycles. The topological polar surface area (TPSA) is 18.5 Å². The van der Waals surface area contributed by atoms with Crippen molar-refractivity contribution in [1.29, 1.82) is 0 Å². The van der Waals surface area contributed by atoms with E-state index in [-0.39, 0.29) is 8.83 Å². The van der Waals surface area contributed by atoms with Gasteiger partial charge in [0.2, 0.25) is 0 Å². The van der Waals surface area contributed by atoms with Gasteiger partial charge in [-0.15, -0.1) is 23.5 Å². The largest absolute Gasteiger partial charge is 0.497 e. The van der Waals surface area contributed by atoms with Crippen molar-refractivity contribution in [3.05, 3.63) is 131 Å². The minimum absolute atomic E-state index is 0.220. The van der Waals surface area contributed by atoms with Crippen molar-refractivity contribution in [2.75, 3.05) is 20.0 Å². The molecular weight excluding hydrogens is 444 g/mol. The summed E-state index contributed by atoms with van der Waals surface area (Å²) in [6.07, 6.45) is 0. The number of methoxy groups -OCH3 is 2. The fraction of sp³-hybridized carbons (Fsp3) is 0.172. The second kappa shape index (κ2) is 9.20. The molecule has 2 nitrogen and oxygen atoms in total. The molecule has 5 rings (SSSR count). The second-order valence-electron chi connectivity index (χ2n) is 8.02. The summed E-state index contributed by atoms with van der Waals surface area (Å²) in [5, 5.41) is 0. The normalized spacial score (nSPS) is 16.3. The van der Waals surface area contributed by atoms with E-state index in [1.165, 1.54) is 22.3 Å². The first-order valence-electron chi connectivity index (χ1n) is 10.9. The molecule has 1 saturated heterocycles. The van der Waals surface area contributed by atoms with Gasteiger partial charge in [0, 0.05) is 5.75 Å². The lowest BCUT2D eigenvalue weighted by atomic mass is 9.91. The Bertz CT molecular complexity index is 1100. The summed E-state index contributed by atoms with van der Waals surface area (Å²) in [6.45, 7) is 0. The highest BCUT2D eigenvalue weighted by molar-refractivity contribution is 8.21. The van der Waals surface area contributed by atoms with Gasteiger partial charge < -0.3 is 9.47 Å². The van der Waals surface area contributed by atoms with Crippen molar-refractivity contribution in [2.24, 2.45) is 0 Å². The maximum absolute atomic E-state index is 5.45. The Kier molecular flexibility index (Phi) is 6.13. The third-order valence-corrected chi connectivity index (χ3v) is 10.2. The maximum atomic E-state index is 5.45. The molecule has 0 spiro atoms. The number of hydrogen-bond acceptors (Lipinski definition) is 4. The summed E-state index contributed by atoms with van der Waals surface area (Å²) in [6, 6.07) is 38.9. The average molecular weight is 471 g/mol. The van der Waals surface area contributed by atoms with Gasteiger partial charge in [0.25, 0.3) is 0 Å². The van der Waals surface area contributed by atoms with Crippen molar-refractivity contribution < 1.29 is 9.47 Å². The number of benzene rings is 4. The highest BCUT2D eigenvalue weighted by Crippen LogP contribution is 2.68. The molecule has 0 aromatic heterocycles. The van der Waals surface area contributed by atoms with E-state index in [1.54, 1.807) is 14.2 Å². The van der Waals surface area contributed by atoms with Gasteiger partial charge in [-0.05, 0) is 46.5 Å². The molecular formula is C29H26O2S2. The Morgan fingerprint density at radius 3 is 1.36 bits per heavy atom. The molecule has 0 amide bonds. The van der Waals surface area contributed by atoms with Crippen molar-refractivity contribution in [3.8, 4) is 11.5 Å². The Labute approximate surface area is 204 Å². The van der Waals surface area contributed by atoms with Gasteiger partial charge in [-0.3, -0.25) is 0 Å². The molecule has 1 aliphatic heterocycles. The molecule has 0 saturated carbocycles. The summed E-state index contributed by atoms with van der Waals surface area (Å²) in [5.74, 6) is 2.69. The predicted octanol–water partition coefficient (Wildman–Crippen LogP) is 7.33. The molecule has 0 N–H and O–H groups in total. The van der Waals surface area contributed by atoms with Gasteiger partial charge in [0.05, 0.1) is 19.0 Å². The summed E-state index contributed by atoms with van der Waals surface area (Å²) in [4.78, 5) is 0. The standard InChI is InChI=1S/C29H26O2S2/c1-30-26-17-13-22(14-18-26)28(23-15-19-27(31-2)20-16-23)21-32-29(33-28,24-9-5-3-6-10-24)25-11-7-4-8-12-25/h3-20H,21H2,1-2H3. The molecule has 166 valence electrons. The Balaban J connectivity index is 1.69. The lowest BCUT2D eigenvalue weighted by Crippen LogP contribution is -2.26. The summed E-state index contributed by atoms with van der Waals surface area (Å²) in [7, 11) is 3.43. The van der Waals surface area contributed by atoms with E-state index < -0.39 is 0 Å². The van der Waals surface area contributed by atoms with Crippen LogP contribution in [0.25, 0.3) is 0 Å². The first-order chi connectivity index (χ1) is 16.2.